The van der Waals surface area contributed by atoms with Gasteiger partial charge in [-0.25, -0.2) is 0 Å². The third-order valence-electron chi connectivity index (χ3n) is 4.73. The van der Waals surface area contributed by atoms with Crippen molar-refractivity contribution in [1.29, 1.82) is 0 Å². The van der Waals surface area contributed by atoms with Gasteiger partial charge in [0, 0.05) is 12.6 Å². The van der Waals surface area contributed by atoms with Gasteiger partial charge >= 0.3 is 0 Å². The molecule has 0 radical (unpaired) electrons. The summed E-state index contributed by atoms with van der Waals surface area (Å²) in [5, 5.41) is 15.0. The predicted octanol–water partition coefficient (Wildman–Crippen LogP) is 4.77. The number of rotatable bonds is 5. The Morgan fingerprint density at radius 3 is 2.42 bits per heavy atom. The van der Waals surface area contributed by atoms with E-state index in [1.165, 1.54) is 5.56 Å². The zero-order valence-corrected chi connectivity index (χ0v) is 14.2. The minimum Gasteiger partial charge on any atom is -0.360 e. The second-order valence-electron chi connectivity index (χ2n) is 6.31. The van der Waals surface area contributed by atoms with Crippen LogP contribution in [0, 0.1) is 10.1 Å². The summed E-state index contributed by atoms with van der Waals surface area (Å²) < 4.78 is 0. The lowest BCUT2D eigenvalue weighted by Crippen LogP contribution is -2.30. The number of fused-ring (bicyclic) bond motifs is 1. The van der Waals surface area contributed by atoms with Crippen LogP contribution in [0.3, 0.4) is 0 Å². The van der Waals surface area contributed by atoms with Crippen molar-refractivity contribution in [2.24, 2.45) is 0 Å². The predicted molar refractivity (Wildman–Crippen MR) is 103 cm³/mol. The zero-order chi connectivity index (χ0) is 17.9. The van der Waals surface area contributed by atoms with Crippen molar-refractivity contribution in [3.8, 4) is 0 Å². The van der Waals surface area contributed by atoms with Crippen molar-refractivity contribution in [1.82, 2.24) is 0 Å². The largest absolute Gasteiger partial charge is 0.360 e. The van der Waals surface area contributed by atoms with Crippen LogP contribution in [0.5, 0.6) is 0 Å². The van der Waals surface area contributed by atoms with E-state index in [2.05, 4.69) is 28.4 Å². The van der Waals surface area contributed by atoms with Gasteiger partial charge in [-0.1, -0.05) is 54.6 Å². The van der Waals surface area contributed by atoms with Gasteiger partial charge in [0.05, 0.1) is 21.9 Å². The van der Waals surface area contributed by atoms with Crippen molar-refractivity contribution in [2.75, 3.05) is 16.8 Å². The molecule has 1 aliphatic heterocycles. The molecule has 1 aliphatic rings. The fourth-order valence-corrected chi connectivity index (χ4v) is 3.48. The van der Waals surface area contributed by atoms with Crippen LogP contribution in [0.4, 0.5) is 17.1 Å². The molecule has 0 amide bonds. The first-order chi connectivity index (χ1) is 12.7. The molecule has 0 spiro atoms. The van der Waals surface area contributed by atoms with Crippen LogP contribution >= 0.6 is 0 Å². The molecule has 0 bridgehead atoms. The van der Waals surface area contributed by atoms with Crippen LogP contribution in [0.2, 0.25) is 0 Å². The Kier molecular flexibility index (Phi) is 4.27. The lowest BCUT2D eigenvalue weighted by molar-refractivity contribution is -0.385. The molecule has 1 atom stereocenters. The van der Waals surface area contributed by atoms with Crippen LogP contribution in [0.1, 0.15) is 17.3 Å². The Morgan fingerprint density at radius 2 is 1.62 bits per heavy atom. The first-order valence-electron chi connectivity index (χ1n) is 8.63. The van der Waals surface area contributed by atoms with E-state index in [1.807, 2.05) is 48.5 Å². The van der Waals surface area contributed by atoms with Gasteiger partial charge in [0.1, 0.15) is 6.17 Å². The maximum atomic E-state index is 11.5. The zero-order valence-electron chi connectivity index (χ0n) is 14.2. The maximum Gasteiger partial charge on any atom is 0.276 e. The number of hydrogen-bond acceptors (Lipinski definition) is 4. The summed E-state index contributed by atoms with van der Waals surface area (Å²) in [6.45, 7) is 0.769. The highest BCUT2D eigenvalue weighted by atomic mass is 16.6. The second-order valence-corrected chi connectivity index (χ2v) is 6.31. The fraction of sp³-hybridized carbons (Fsp3) is 0.143. The van der Waals surface area contributed by atoms with Gasteiger partial charge in [0.15, 0.2) is 0 Å². The van der Waals surface area contributed by atoms with Crippen LogP contribution in [-0.2, 0) is 6.42 Å². The van der Waals surface area contributed by atoms with Crippen LogP contribution in [0.15, 0.2) is 78.9 Å². The lowest BCUT2D eigenvalue weighted by Gasteiger charge is -2.27. The Labute approximate surface area is 152 Å². The first kappa shape index (κ1) is 16.1. The molecular formula is C21H19N3O2. The van der Waals surface area contributed by atoms with E-state index in [1.54, 1.807) is 12.1 Å². The Balaban J connectivity index is 1.69. The van der Waals surface area contributed by atoms with Crippen LogP contribution in [0.25, 0.3) is 0 Å². The second kappa shape index (κ2) is 6.88. The van der Waals surface area contributed by atoms with Gasteiger partial charge in [-0.05, 0) is 30.2 Å². The van der Waals surface area contributed by atoms with Crippen LogP contribution < -0.4 is 10.2 Å². The third kappa shape index (κ3) is 2.99. The molecule has 5 heteroatoms. The monoisotopic (exact) mass is 345 g/mol. The van der Waals surface area contributed by atoms with Gasteiger partial charge in [-0.15, -0.1) is 0 Å². The van der Waals surface area contributed by atoms with Gasteiger partial charge in [-0.3, -0.25) is 10.1 Å². The maximum absolute atomic E-state index is 11.5. The summed E-state index contributed by atoms with van der Waals surface area (Å²) in [4.78, 5) is 13.4. The Hall–Kier alpha value is -3.34. The summed E-state index contributed by atoms with van der Waals surface area (Å²) in [6.07, 6.45) is 0.617. The highest BCUT2D eigenvalue weighted by Gasteiger charge is 2.33. The molecule has 0 aliphatic carbocycles. The van der Waals surface area contributed by atoms with Gasteiger partial charge in [-0.2, -0.15) is 0 Å². The van der Waals surface area contributed by atoms with E-state index in [-0.39, 0.29) is 16.8 Å². The summed E-state index contributed by atoms with van der Waals surface area (Å²) in [5.41, 5.74) is 4.15. The SMILES string of the molecule is O=[N+]([O-])c1ccccc1C1Nc2ccccc2N1CCc1ccccc1. The first-order valence-corrected chi connectivity index (χ1v) is 8.63. The molecule has 3 aromatic carbocycles. The Bertz CT molecular complexity index is 927. The van der Waals surface area contributed by atoms with Crippen molar-refractivity contribution >= 4 is 17.1 Å². The average Bonchev–Trinajstić information content (AvgIpc) is 3.05. The molecule has 0 saturated carbocycles. The van der Waals surface area contributed by atoms with E-state index in [4.69, 9.17) is 0 Å². The number of nitrogens with zero attached hydrogens (tertiary/aromatic N) is 2. The fourth-order valence-electron chi connectivity index (χ4n) is 3.48. The minimum absolute atomic E-state index is 0.141. The summed E-state index contributed by atoms with van der Waals surface area (Å²) in [5.74, 6) is 0. The van der Waals surface area contributed by atoms with E-state index in [0.29, 0.717) is 5.56 Å². The summed E-state index contributed by atoms with van der Waals surface area (Å²) >= 11 is 0. The Morgan fingerprint density at radius 1 is 0.923 bits per heavy atom. The summed E-state index contributed by atoms with van der Waals surface area (Å²) in [6, 6.07) is 25.3. The van der Waals surface area contributed by atoms with Crippen molar-refractivity contribution in [2.45, 2.75) is 12.6 Å². The molecule has 0 fully saturated rings. The van der Waals surface area contributed by atoms with Gasteiger partial charge < -0.3 is 10.2 Å². The number of nitro groups is 1. The quantitative estimate of drug-likeness (QED) is 0.535. The number of para-hydroxylation sites is 3. The molecule has 1 N–H and O–H groups in total. The number of nitro benzene ring substituents is 1. The molecule has 3 aromatic rings. The van der Waals surface area contributed by atoms with E-state index < -0.39 is 0 Å². The molecule has 130 valence electrons. The minimum atomic E-state index is -0.310. The van der Waals surface area contributed by atoms with E-state index in [9.17, 15) is 10.1 Å². The average molecular weight is 345 g/mol. The topological polar surface area (TPSA) is 58.4 Å². The molecule has 1 heterocycles. The van der Waals surface area contributed by atoms with Crippen molar-refractivity contribution < 1.29 is 4.92 Å². The van der Waals surface area contributed by atoms with Crippen LogP contribution in [-0.4, -0.2) is 11.5 Å². The highest BCUT2D eigenvalue weighted by Crippen LogP contribution is 2.43. The molecule has 0 saturated heterocycles. The lowest BCUT2D eigenvalue weighted by atomic mass is 10.1. The smallest absolute Gasteiger partial charge is 0.276 e. The normalized spacial score (nSPS) is 15.4. The number of anilines is 2. The highest BCUT2D eigenvalue weighted by molar-refractivity contribution is 5.77. The molecular weight excluding hydrogens is 326 g/mol. The van der Waals surface area contributed by atoms with Crippen molar-refractivity contribution in [3.63, 3.8) is 0 Å². The standard InChI is InChI=1S/C21H19N3O2/c25-24(26)19-12-6-4-10-17(19)21-22-18-11-5-7-13-20(18)23(21)15-14-16-8-2-1-3-9-16/h1-13,21-22H,14-15H2. The molecule has 26 heavy (non-hydrogen) atoms. The molecule has 5 nitrogen and oxygen atoms in total. The number of benzene rings is 3. The molecule has 0 aromatic heterocycles. The van der Waals surface area contributed by atoms with Gasteiger partial charge in [0.2, 0.25) is 0 Å². The van der Waals surface area contributed by atoms with E-state index in [0.717, 1.165) is 24.3 Å². The summed E-state index contributed by atoms with van der Waals surface area (Å²) in [7, 11) is 0. The number of nitrogens with one attached hydrogen (secondary N) is 1. The number of hydrogen-bond donors (Lipinski definition) is 1. The van der Waals surface area contributed by atoms with E-state index >= 15 is 0 Å². The van der Waals surface area contributed by atoms with Gasteiger partial charge in [0.25, 0.3) is 5.69 Å². The van der Waals surface area contributed by atoms with Crippen molar-refractivity contribution in [3.05, 3.63) is 100 Å². The molecule has 1 unspecified atom stereocenters. The third-order valence-corrected chi connectivity index (χ3v) is 4.73. The molecule has 4 rings (SSSR count).